The first-order valence-corrected chi connectivity index (χ1v) is 6.55. The van der Waals surface area contributed by atoms with E-state index in [0.29, 0.717) is 12.5 Å². The average molecular weight is 251 g/mol. The molecule has 0 aliphatic carbocycles. The number of rotatable bonds is 5. The summed E-state index contributed by atoms with van der Waals surface area (Å²) in [6.45, 7) is 5.75. The van der Waals surface area contributed by atoms with Gasteiger partial charge in [0.25, 0.3) is 0 Å². The van der Waals surface area contributed by atoms with Gasteiger partial charge < -0.3 is 5.32 Å². The summed E-state index contributed by atoms with van der Waals surface area (Å²) < 4.78 is 1.83. The third-order valence-electron chi connectivity index (χ3n) is 2.33. The molecule has 5 nitrogen and oxygen atoms in total. The van der Waals surface area contributed by atoms with Crippen molar-refractivity contribution in [1.82, 2.24) is 25.3 Å². The number of nitrogens with zero attached hydrogens (tertiary/aromatic N) is 4. The third kappa shape index (κ3) is 3.10. The molecule has 0 saturated heterocycles. The average Bonchev–Trinajstić information content (AvgIpc) is 2.89. The van der Waals surface area contributed by atoms with E-state index in [0.717, 1.165) is 17.9 Å². The Kier molecular flexibility index (Phi) is 3.86. The minimum Gasteiger partial charge on any atom is -0.314 e. The van der Waals surface area contributed by atoms with Crippen LogP contribution in [-0.4, -0.2) is 27.0 Å². The minimum atomic E-state index is 0.490. The highest BCUT2D eigenvalue weighted by Crippen LogP contribution is 2.19. The summed E-state index contributed by atoms with van der Waals surface area (Å²) in [6.07, 6.45) is 1.95. The molecule has 0 radical (unpaired) electrons. The molecule has 0 bridgehead atoms. The quantitative estimate of drug-likeness (QED) is 0.877. The van der Waals surface area contributed by atoms with Gasteiger partial charge in [-0.15, -0.1) is 16.4 Å². The number of nitrogens with one attached hydrogen (secondary N) is 1. The Hall–Kier alpha value is -1.27. The van der Waals surface area contributed by atoms with Gasteiger partial charge in [0.2, 0.25) is 0 Å². The highest BCUT2D eigenvalue weighted by molar-refractivity contribution is 7.09. The van der Waals surface area contributed by atoms with E-state index in [1.807, 2.05) is 17.9 Å². The lowest BCUT2D eigenvalue weighted by Gasteiger charge is -1.97. The van der Waals surface area contributed by atoms with E-state index in [9.17, 15) is 0 Å². The van der Waals surface area contributed by atoms with E-state index in [1.165, 1.54) is 5.01 Å². The van der Waals surface area contributed by atoms with Crippen molar-refractivity contribution in [2.45, 2.75) is 32.9 Å². The summed E-state index contributed by atoms with van der Waals surface area (Å²) in [5.41, 5.74) is 2.01. The van der Waals surface area contributed by atoms with Crippen molar-refractivity contribution in [3.05, 3.63) is 28.0 Å². The van der Waals surface area contributed by atoms with E-state index in [1.54, 1.807) is 11.3 Å². The lowest BCUT2D eigenvalue weighted by molar-refractivity contribution is 0.637. The van der Waals surface area contributed by atoms with E-state index >= 15 is 0 Å². The van der Waals surface area contributed by atoms with Crippen molar-refractivity contribution in [1.29, 1.82) is 0 Å². The second kappa shape index (κ2) is 5.37. The molecule has 0 aliphatic heterocycles. The van der Waals surface area contributed by atoms with Gasteiger partial charge in [-0.2, -0.15) is 0 Å². The molecule has 0 aromatic carbocycles. The Balaban J connectivity index is 2.03. The largest absolute Gasteiger partial charge is 0.314 e. The Morgan fingerprint density at radius 1 is 1.41 bits per heavy atom. The molecule has 6 heteroatoms. The first-order valence-electron chi connectivity index (χ1n) is 5.67. The molecule has 92 valence electrons. The number of hydrogen-bond donors (Lipinski definition) is 1. The van der Waals surface area contributed by atoms with E-state index in [-0.39, 0.29) is 0 Å². The molecule has 0 aliphatic rings. The van der Waals surface area contributed by atoms with Crippen LogP contribution in [0.1, 0.15) is 36.2 Å². The summed E-state index contributed by atoms with van der Waals surface area (Å²) in [4.78, 5) is 4.57. The monoisotopic (exact) mass is 251 g/mol. The summed E-state index contributed by atoms with van der Waals surface area (Å²) in [5.74, 6) is 0.490. The maximum Gasteiger partial charge on any atom is 0.0964 e. The maximum atomic E-state index is 4.57. The molecule has 0 atom stereocenters. The van der Waals surface area contributed by atoms with Crippen molar-refractivity contribution >= 4 is 11.3 Å². The van der Waals surface area contributed by atoms with Gasteiger partial charge in [-0.3, -0.25) is 0 Å². The molecule has 2 heterocycles. The Morgan fingerprint density at radius 2 is 2.24 bits per heavy atom. The summed E-state index contributed by atoms with van der Waals surface area (Å²) in [7, 11) is 1.90. The minimum absolute atomic E-state index is 0.490. The highest BCUT2D eigenvalue weighted by atomic mass is 32.1. The molecular weight excluding hydrogens is 234 g/mol. The van der Waals surface area contributed by atoms with Crippen LogP contribution >= 0.6 is 11.3 Å². The predicted molar refractivity (Wildman–Crippen MR) is 68.1 cm³/mol. The smallest absolute Gasteiger partial charge is 0.0964 e. The van der Waals surface area contributed by atoms with Crippen LogP contribution in [0.15, 0.2) is 11.6 Å². The van der Waals surface area contributed by atoms with Gasteiger partial charge in [-0.25, -0.2) is 9.67 Å². The molecule has 0 spiro atoms. The molecule has 2 rings (SSSR count). The first-order chi connectivity index (χ1) is 8.19. The van der Waals surface area contributed by atoms with Crippen LogP contribution in [0, 0.1) is 0 Å². The Labute approximate surface area is 105 Å². The van der Waals surface area contributed by atoms with Crippen molar-refractivity contribution in [3.8, 4) is 0 Å². The predicted octanol–water partition coefficient (Wildman–Crippen LogP) is 1.63. The van der Waals surface area contributed by atoms with Gasteiger partial charge in [0.05, 0.1) is 29.1 Å². The first kappa shape index (κ1) is 12.2. The summed E-state index contributed by atoms with van der Waals surface area (Å²) >= 11 is 1.71. The Bertz CT molecular complexity index is 474. The topological polar surface area (TPSA) is 55.6 Å². The van der Waals surface area contributed by atoms with Crippen LogP contribution in [0.4, 0.5) is 0 Å². The van der Waals surface area contributed by atoms with Crippen molar-refractivity contribution in [2.24, 2.45) is 0 Å². The fourth-order valence-corrected chi connectivity index (χ4v) is 2.33. The van der Waals surface area contributed by atoms with Crippen LogP contribution in [0.25, 0.3) is 0 Å². The second-order valence-electron chi connectivity index (χ2n) is 4.27. The molecule has 0 fully saturated rings. The molecule has 0 amide bonds. The molecule has 1 N–H and O–H groups in total. The van der Waals surface area contributed by atoms with Gasteiger partial charge >= 0.3 is 0 Å². The third-order valence-corrected chi connectivity index (χ3v) is 3.53. The van der Waals surface area contributed by atoms with Crippen LogP contribution in [-0.2, 0) is 13.1 Å². The molecule has 2 aromatic rings. The van der Waals surface area contributed by atoms with Gasteiger partial charge in [0.1, 0.15) is 0 Å². The number of aromatic nitrogens is 4. The van der Waals surface area contributed by atoms with Crippen LogP contribution in [0.5, 0.6) is 0 Å². The second-order valence-corrected chi connectivity index (χ2v) is 5.16. The van der Waals surface area contributed by atoms with E-state index in [4.69, 9.17) is 0 Å². The zero-order valence-electron chi connectivity index (χ0n) is 10.3. The zero-order valence-corrected chi connectivity index (χ0v) is 11.2. The normalized spacial score (nSPS) is 11.3. The maximum absolute atomic E-state index is 4.57. The fourth-order valence-electron chi connectivity index (χ4n) is 1.50. The number of thiazole rings is 1. The van der Waals surface area contributed by atoms with Crippen molar-refractivity contribution in [3.63, 3.8) is 0 Å². The van der Waals surface area contributed by atoms with Gasteiger partial charge in [-0.05, 0) is 7.05 Å². The molecule has 0 unspecified atom stereocenters. The lowest BCUT2D eigenvalue weighted by atomic mass is 10.2. The fraction of sp³-hybridized carbons (Fsp3) is 0.545. The standard InChI is InChI=1S/C11H17N5S/c1-8(2)11-13-10(7-17-11)6-16-5-9(4-12-3)14-15-16/h5,7-8,12H,4,6H2,1-3H3. The molecule has 2 aromatic heterocycles. The van der Waals surface area contributed by atoms with E-state index in [2.05, 4.69) is 39.8 Å². The Morgan fingerprint density at radius 3 is 2.88 bits per heavy atom. The lowest BCUT2D eigenvalue weighted by Crippen LogP contribution is -2.05. The highest BCUT2D eigenvalue weighted by Gasteiger charge is 2.07. The van der Waals surface area contributed by atoms with E-state index < -0.39 is 0 Å². The van der Waals surface area contributed by atoms with Crippen molar-refractivity contribution < 1.29 is 0 Å². The van der Waals surface area contributed by atoms with Gasteiger partial charge in [-0.1, -0.05) is 19.1 Å². The number of hydrogen-bond acceptors (Lipinski definition) is 5. The van der Waals surface area contributed by atoms with Crippen LogP contribution in [0.3, 0.4) is 0 Å². The molecular formula is C11H17N5S. The zero-order chi connectivity index (χ0) is 12.3. The summed E-state index contributed by atoms with van der Waals surface area (Å²) in [6, 6.07) is 0. The SMILES string of the molecule is CNCc1cn(Cc2csc(C(C)C)n2)nn1. The van der Waals surface area contributed by atoms with Gasteiger partial charge in [0, 0.05) is 17.8 Å². The van der Waals surface area contributed by atoms with Crippen LogP contribution in [0.2, 0.25) is 0 Å². The van der Waals surface area contributed by atoms with Crippen molar-refractivity contribution in [2.75, 3.05) is 7.05 Å². The molecule has 17 heavy (non-hydrogen) atoms. The summed E-state index contributed by atoms with van der Waals surface area (Å²) in [5, 5.41) is 14.5. The van der Waals surface area contributed by atoms with Crippen LogP contribution < -0.4 is 5.32 Å². The van der Waals surface area contributed by atoms with Gasteiger partial charge in [0.15, 0.2) is 0 Å². The molecule has 0 saturated carbocycles.